The van der Waals surface area contributed by atoms with Crippen LogP contribution in [0.1, 0.15) is 11.1 Å². The van der Waals surface area contributed by atoms with Crippen LogP contribution in [-0.2, 0) is 6.42 Å². The summed E-state index contributed by atoms with van der Waals surface area (Å²) in [5.41, 5.74) is 8.15. The molecule has 0 saturated heterocycles. The molecular formula is C13H16N4. The van der Waals surface area contributed by atoms with Gasteiger partial charge in [-0.1, -0.05) is 29.8 Å². The molecule has 0 unspecified atom stereocenters. The average Bonchev–Trinajstić information content (AvgIpc) is 2.29. The number of nitrogen functional groups attached to an aromatic ring is 1. The van der Waals surface area contributed by atoms with Crippen molar-refractivity contribution in [2.45, 2.75) is 13.3 Å². The Bertz CT molecular complexity index is 451. The zero-order valence-corrected chi connectivity index (χ0v) is 9.85. The Kier molecular flexibility index (Phi) is 3.55. The molecule has 4 nitrogen and oxygen atoms in total. The van der Waals surface area contributed by atoms with Crippen LogP contribution in [0.4, 0.5) is 11.6 Å². The van der Waals surface area contributed by atoms with Crippen molar-refractivity contribution in [3.63, 3.8) is 0 Å². The maximum Gasteiger partial charge on any atom is 0.146 e. The Hall–Kier alpha value is -2.10. The average molecular weight is 228 g/mol. The first-order valence-corrected chi connectivity index (χ1v) is 5.61. The number of aryl methyl sites for hydroxylation is 1. The standard InChI is InChI=1S/C13H16N4/c1-10-3-2-4-11(7-10)5-6-16-13-9-15-8-12(14)17-13/h2-4,7-9H,5-6H2,1H3,(H3,14,16,17). The zero-order chi connectivity index (χ0) is 12.1. The molecule has 0 atom stereocenters. The van der Waals surface area contributed by atoms with Gasteiger partial charge in [0.2, 0.25) is 0 Å². The number of nitrogens with one attached hydrogen (secondary N) is 1. The van der Waals surface area contributed by atoms with Crippen LogP contribution < -0.4 is 11.1 Å². The number of hydrogen-bond acceptors (Lipinski definition) is 4. The maximum absolute atomic E-state index is 5.55. The van der Waals surface area contributed by atoms with E-state index in [1.807, 2.05) is 0 Å². The molecule has 3 N–H and O–H groups in total. The van der Waals surface area contributed by atoms with Gasteiger partial charge in [-0.25, -0.2) is 4.98 Å². The van der Waals surface area contributed by atoms with Gasteiger partial charge in [0.05, 0.1) is 12.4 Å². The van der Waals surface area contributed by atoms with Gasteiger partial charge in [0.15, 0.2) is 0 Å². The highest BCUT2D eigenvalue weighted by Crippen LogP contribution is 2.06. The van der Waals surface area contributed by atoms with Gasteiger partial charge in [-0.05, 0) is 18.9 Å². The number of anilines is 2. The molecule has 0 aliphatic heterocycles. The van der Waals surface area contributed by atoms with Gasteiger partial charge < -0.3 is 11.1 Å². The van der Waals surface area contributed by atoms with E-state index in [0.29, 0.717) is 5.82 Å². The number of hydrogen-bond donors (Lipinski definition) is 2. The number of aromatic nitrogens is 2. The third-order valence-corrected chi connectivity index (χ3v) is 2.46. The van der Waals surface area contributed by atoms with Gasteiger partial charge in [0, 0.05) is 6.54 Å². The molecule has 4 heteroatoms. The summed E-state index contributed by atoms with van der Waals surface area (Å²) >= 11 is 0. The largest absolute Gasteiger partial charge is 0.382 e. The summed E-state index contributed by atoms with van der Waals surface area (Å²) < 4.78 is 0. The molecule has 88 valence electrons. The quantitative estimate of drug-likeness (QED) is 0.840. The molecule has 1 heterocycles. The minimum absolute atomic E-state index is 0.436. The van der Waals surface area contributed by atoms with Gasteiger partial charge in [0.1, 0.15) is 11.6 Å². The van der Waals surface area contributed by atoms with Crippen molar-refractivity contribution in [2.24, 2.45) is 0 Å². The first-order chi connectivity index (χ1) is 8.24. The summed E-state index contributed by atoms with van der Waals surface area (Å²) in [6.45, 7) is 2.92. The lowest BCUT2D eigenvalue weighted by Crippen LogP contribution is -2.07. The molecule has 2 aromatic rings. The van der Waals surface area contributed by atoms with E-state index >= 15 is 0 Å². The summed E-state index contributed by atoms with van der Waals surface area (Å²) in [5, 5.41) is 3.20. The minimum Gasteiger partial charge on any atom is -0.382 e. The third-order valence-electron chi connectivity index (χ3n) is 2.46. The molecule has 2 rings (SSSR count). The molecule has 0 spiro atoms. The molecule has 0 aliphatic carbocycles. The molecule has 0 bridgehead atoms. The Morgan fingerprint density at radius 3 is 2.94 bits per heavy atom. The lowest BCUT2D eigenvalue weighted by atomic mass is 10.1. The number of rotatable bonds is 4. The van der Waals surface area contributed by atoms with Crippen LogP contribution in [0.15, 0.2) is 36.7 Å². The smallest absolute Gasteiger partial charge is 0.146 e. The summed E-state index contributed by atoms with van der Waals surface area (Å²) in [4.78, 5) is 8.10. The van der Waals surface area contributed by atoms with Crippen LogP contribution >= 0.6 is 0 Å². The van der Waals surface area contributed by atoms with Gasteiger partial charge in [0.25, 0.3) is 0 Å². The normalized spacial score (nSPS) is 10.2. The van der Waals surface area contributed by atoms with Crippen LogP contribution in [0, 0.1) is 6.92 Å². The first-order valence-electron chi connectivity index (χ1n) is 5.61. The summed E-state index contributed by atoms with van der Waals surface area (Å²) in [6, 6.07) is 8.48. The van der Waals surface area contributed by atoms with Gasteiger partial charge in [-0.3, -0.25) is 4.98 Å². The maximum atomic E-state index is 5.55. The molecule has 1 aromatic carbocycles. The molecular weight excluding hydrogens is 212 g/mol. The van der Waals surface area contributed by atoms with Crippen molar-refractivity contribution in [2.75, 3.05) is 17.6 Å². The second-order valence-corrected chi connectivity index (χ2v) is 4.00. The van der Waals surface area contributed by atoms with Crippen molar-refractivity contribution in [3.8, 4) is 0 Å². The Morgan fingerprint density at radius 1 is 1.29 bits per heavy atom. The lowest BCUT2D eigenvalue weighted by Gasteiger charge is -2.06. The van der Waals surface area contributed by atoms with Crippen LogP contribution in [0.2, 0.25) is 0 Å². The Labute approximate surface area is 101 Å². The second kappa shape index (κ2) is 5.30. The summed E-state index contributed by atoms with van der Waals surface area (Å²) in [6.07, 6.45) is 4.16. The van der Waals surface area contributed by atoms with E-state index in [-0.39, 0.29) is 0 Å². The predicted octanol–water partition coefficient (Wildman–Crippen LogP) is 2.02. The van der Waals surface area contributed by atoms with E-state index in [2.05, 4.69) is 46.5 Å². The molecule has 0 saturated carbocycles. The fourth-order valence-electron chi connectivity index (χ4n) is 1.67. The van der Waals surface area contributed by atoms with E-state index in [4.69, 9.17) is 5.73 Å². The van der Waals surface area contributed by atoms with Gasteiger partial charge in [-0.2, -0.15) is 0 Å². The topological polar surface area (TPSA) is 63.8 Å². The molecule has 17 heavy (non-hydrogen) atoms. The van der Waals surface area contributed by atoms with Gasteiger partial charge in [-0.15, -0.1) is 0 Å². The summed E-state index contributed by atoms with van der Waals surface area (Å²) in [7, 11) is 0. The Morgan fingerprint density at radius 2 is 2.18 bits per heavy atom. The highest BCUT2D eigenvalue weighted by atomic mass is 15.0. The van der Waals surface area contributed by atoms with Crippen LogP contribution in [0.5, 0.6) is 0 Å². The van der Waals surface area contributed by atoms with Crippen LogP contribution in [0.25, 0.3) is 0 Å². The Balaban J connectivity index is 1.87. The van der Waals surface area contributed by atoms with Crippen LogP contribution in [-0.4, -0.2) is 16.5 Å². The highest BCUT2D eigenvalue weighted by Gasteiger charge is 1.96. The van der Waals surface area contributed by atoms with Crippen molar-refractivity contribution in [3.05, 3.63) is 47.8 Å². The van der Waals surface area contributed by atoms with Crippen molar-refractivity contribution in [1.29, 1.82) is 0 Å². The fraction of sp³-hybridized carbons (Fsp3) is 0.231. The molecule has 0 amide bonds. The zero-order valence-electron chi connectivity index (χ0n) is 9.85. The van der Waals surface area contributed by atoms with E-state index in [1.54, 1.807) is 6.20 Å². The SMILES string of the molecule is Cc1cccc(CCNc2cncc(N)n2)c1. The summed E-state index contributed by atoms with van der Waals surface area (Å²) in [5.74, 6) is 1.16. The fourth-order valence-corrected chi connectivity index (χ4v) is 1.67. The van der Waals surface area contributed by atoms with Crippen molar-refractivity contribution in [1.82, 2.24) is 9.97 Å². The van der Waals surface area contributed by atoms with E-state index in [9.17, 15) is 0 Å². The van der Waals surface area contributed by atoms with Crippen molar-refractivity contribution < 1.29 is 0 Å². The van der Waals surface area contributed by atoms with Crippen molar-refractivity contribution >= 4 is 11.6 Å². The minimum atomic E-state index is 0.436. The second-order valence-electron chi connectivity index (χ2n) is 4.00. The molecule has 0 aliphatic rings. The number of benzene rings is 1. The molecule has 1 aromatic heterocycles. The van der Waals surface area contributed by atoms with E-state index in [1.165, 1.54) is 17.3 Å². The number of nitrogens with zero attached hydrogens (tertiary/aromatic N) is 2. The van der Waals surface area contributed by atoms with Gasteiger partial charge >= 0.3 is 0 Å². The first kappa shape index (κ1) is 11.4. The molecule has 0 fully saturated rings. The monoisotopic (exact) mass is 228 g/mol. The van der Waals surface area contributed by atoms with E-state index in [0.717, 1.165) is 18.8 Å². The third kappa shape index (κ3) is 3.45. The lowest BCUT2D eigenvalue weighted by molar-refractivity contribution is 0.999. The molecule has 0 radical (unpaired) electrons. The van der Waals surface area contributed by atoms with E-state index < -0.39 is 0 Å². The van der Waals surface area contributed by atoms with Crippen LogP contribution in [0.3, 0.4) is 0 Å². The highest BCUT2D eigenvalue weighted by molar-refractivity contribution is 5.38. The number of nitrogens with two attached hydrogens (primary N) is 1. The predicted molar refractivity (Wildman–Crippen MR) is 69.8 cm³/mol.